The van der Waals surface area contributed by atoms with Crippen LogP contribution in [-0.2, 0) is 14.8 Å². The van der Waals surface area contributed by atoms with Crippen molar-refractivity contribution in [3.63, 3.8) is 0 Å². The van der Waals surface area contributed by atoms with Crippen LogP contribution in [0.1, 0.15) is 51.4 Å². The Hall–Kier alpha value is -0.880. The summed E-state index contributed by atoms with van der Waals surface area (Å²) in [6.07, 6.45) is 12.9. The van der Waals surface area contributed by atoms with Gasteiger partial charge in [-0.25, -0.2) is 8.42 Å². The maximum absolute atomic E-state index is 12.6. The number of rotatable bonds is 4. The highest BCUT2D eigenvalue weighted by Crippen LogP contribution is 2.32. The van der Waals surface area contributed by atoms with Crippen LogP contribution in [0.4, 0.5) is 0 Å². The van der Waals surface area contributed by atoms with Crippen LogP contribution in [0.5, 0.6) is 0 Å². The molecule has 0 unspecified atom stereocenters. The van der Waals surface area contributed by atoms with E-state index in [0.717, 1.165) is 57.9 Å². The molecule has 1 amide bonds. The van der Waals surface area contributed by atoms with Crippen LogP contribution in [0, 0.1) is 5.92 Å². The maximum atomic E-state index is 12.6. The van der Waals surface area contributed by atoms with Gasteiger partial charge in [-0.1, -0.05) is 18.6 Å². The number of sulfonamides is 1. The van der Waals surface area contributed by atoms with Gasteiger partial charge in [-0.3, -0.25) is 4.79 Å². The summed E-state index contributed by atoms with van der Waals surface area (Å²) >= 11 is 0. The van der Waals surface area contributed by atoms with Crippen molar-refractivity contribution < 1.29 is 13.2 Å². The molecule has 0 spiro atoms. The van der Waals surface area contributed by atoms with Gasteiger partial charge in [-0.05, 0) is 44.9 Å². The number of carbonyl (C=O) groups is 1. The van der Waals surface area contributed by atoms with Crippen LogP contribution in [0.15, 0.2) is 12.2 Å². The average Bonchev–Trinajstić information content (AvgIpc) is 2.86. The highest BCUT2D eigenvalue weighted by atomic mass is 32.2. The largest absolute Gasteiger partial charge is 0.342 e. The number of allylic oxidation sites excluding steroid dienone is 2. The van der Waals surface area contributed by atoms with E-state index in [1.165, 1.54) is 6.26 Å². The van der Waals surface area contributed by atoms with Crippen molar-refractivity contribution in [1.29, 1.82) is 0 Å². The quantitative estimate of drug-likeness (QED) is 0.737. The molecule has 130 valence electrons. The Morgan fingerprint density at radius 3 is 2.17 bits per heavy atom. The van der Waals surface area contributed by atoms with Crippen molar-refractivity contribution in [2.75, 3.05) is 19.3 Å². The predicted molar refractivity (Wildman–Crippen MR) is 90.4 cm³/mol. The molecule has 1 aliphatic heterocycles. The summed E-state index contributed by atoms with van der Waals surface area (Å²) in [5.74, 6) is 0.370. The summed E-state index contributed by atoms with van der Waals surface area (Å²) in [6.45, 7) is 1.47. The van der Waals surface area contributed by atoms with E-state index in [1.54, 1.807) is 4.31 Å². The van der Waals surface area contributed by atoms with Crippen molar-refractivity contribution in [3.05, 3.63) is 12.2 Å². The lowest BCUT2D eigenvalue weighted by Gasteiger charge is -2.40. The molecule has 0 aromatic heterocycles. The average molecular weight is 340 g/mol. The normalized spacial score (nSPS) is 27.2. The topological polar surface area (TPSA) is 57.7 Å². The molecule has 0 aromatic carbocycles. The van der Waals surface area contributed by atoms with E-state index in [4.69, 9.17) is 0 Å². The van der Waals surface area contributed by atoms with Crippen LogP contribution in [0.25, 0.3) is 0 Å². The van der Waals surface area contributed by atoms with Crippen LogP contribution in [-0.4, -0.2) is 55.0 Å². The van der Waals surface area contributed by atoms with E-state index in [2.05, 4.69) is 12.2 Å². The molecular weight excluding hydrogens is 312 g/mol. The molecule has 5 nitrogen and oxygen atoms in total. The second kappa shape index (κ2) is 6.93. The Balaban J connectivity index is 1.64. The molecule has 1 saturated carbocycles. The molecule has 3 aliphatic rings. The zero-order chi connectivity index (χ0) is 16.4. The third-order valence-electron chi connectivity index (χ3n) is 5.54. The number of amides is 1. The Bertz CT molecular complexity index is 560. The van der Waals surface area contributed by atoms with Crippen molar-refractivity contribution in [1.82, 2.24) is 9.21 Å². The third-order valence-corrected chi connectivity index (χ3v) is 6.91. The summed E-state index contributed by atoms with van der Waals surface area (Å²) in [6, 6.07) is 0.256. The zero-order valence-electron chi connectivity index (χ0n) is 14.0. The number of carbonyl (C=O) groups excluding carboxylic acids is 1. The molecular formula is C17H28N2O3S. The van der Waals surface area contributed by atoms with Gasteiger partial charge in [0.2, 0.25) is 15.9 Å². The highest BCUT2D eigenvalue weighted by molar-refractivity contribution is 7.88. The van der Waals surface area contributed by atoms with Crippen molar-refractivity contribution >= 4 is 15.9 Å². The monoisotopic (exact) mass is 340 g/mol. The van der Waals surface area contributed by atoms with Gasteiger partial charge >= 0.3 is 0 Å². The number of hydrogen-bond donors (Lipinski definition) is 0. The van der Waals surface area contributed by atoms with E-state index in [9.17, 15) is 13.2 Å². The molecule has 3 rings (SSSR count). The van der Waals surface area contributed by atoms with E-state index in [1.807, 2.05) is 4.90 Å². The van der Waals surface area contributed by atoms with Crippen LogP contribution in [0.3, 0.4) is 0 Å². The van der Waals surface area contributed by atoms with Gasteiger partial charge in [-0.2, -0.15) is 4.31 Å². The van der Waals surface area contributed by atoms with Gasteiger partial charge in [0.15, 0.2) is 0 Å². The lowest BCUT2D eigenvalue weighted by atomic mass is 9.91. The van der Waals surface area contributed by atoms with Crippen LogP contribution in [0.2, 0.25) is 0 Å². The lowest BCUT2D eigenvalue weighted by molar-refractivity contribution is -0.135. The molecule has 1 heterocycles. The first-order chi connectivity index (χ1) is 11.0. The SMILES string of the molecule is CS(=O)(=O)N(C1CCC1)[C@@H]1CCCN(C(=O)C2CC=CC2)CC1. The standard InChI is InChI=1S/C17H28N2O3S/c1-23(21,22)19(15-8-4-9-15)16-10-5-12-18(13-11-16)17(20)14-6-2-3-7-14/h2-3,14-16H,4-13H2,1H3/t16-/m1/s1. The second-order valence-corrected chi connectivity index (χ2v) is 9.12. The first-order valence-electron chi connectivity index (χ1n) is 8.89. The molecule has 1 atom stereocenters. The zero-order valence-corrected chi connectivity index (χ0v) is 14.8. The van der Waals surface area contributed by atoms with Gasteiger partial charge in [0.05, 0.1) is 6.26 Å². The fourth-order valence-electron chi connectivity index (χ4n) is 4.11. The molecule has 6 heteroatoms. The van der Waals surface area contributed by atoms with Crippen LogP contribution < -0.4 is 0 Å². The minimum Gasteiger partial charge on any atom is -0.342 e. The summed E-state index contributed by atoms with van der Waals surface area (Å²) in [5.41, 5.74) is 0. The maximum Gasteiger partial charge on any atom is 0.226 e. The van der Waals surface area contributed by atoms with Crippen molar-refractivity contribution in [2.24, 2.45) is 5.92 Å². The minimum atomic E-state index is -3.17. The number of nitrogens with zero attached hydrogens (tertiary/aromatic N) is 2. The first-order valence-corrected chi connectivity index (χ1v) is 10.7. The smallest absolute Gasteiger partial charge is 0.226 e. The molecule has 0 radical (unpaired) electrons. The molecule has 1 saturated heterocycles. The lowest BCUT2D eigenvalue weighted by Crippen LogP contribution is -2.50. The third kappa shape index (κ3) is 3.79. The molecule has 2 fully saturated rings. The van der Waals surface area contributed by atoms with E-state index in [0.29, 0.717) is 6.54 Å². The molecule has 0 N–H and O–H groups in total. The molecule has 2 aliphatic carbocycles. The Labute approximate surface area is 139 Å². The number of hydrogen-bond acceptors (Lipinski definition) is 3. The summed E-state index contributed by atoms with van der Waals surface area (Å²) < 4.78 is 26.2. The van der Waals surface area contributed by atoms with Gasteiger partial charge in [0, 0.05) is 31.1 Å². The molecule has 0 bridgehead atoms. The van der Waals surface area contributed by atoms with Gasteiger partial charge < -0.3 is 4.90 Å². The fraction of sp³-hybridized carbons (Fsp3) is 0.824. The van der Waals surface area contributed by atoms with Gasteiger partial charge in [0.1, 0.15) is 0 Å². The van der Waals surface area contributed by atoms with Crippen LogP contribution >= 0.6 is 0 Å². The van der Waals surface area contributed by atoms with E-state index < -0.39 is 10.0 Å². The summed E-state index contributed by atoms with van der Waals surface area (Å²) in [7, 11) is -3.17. The Morgan fingerprint density at radius 1 is 1.00 bits per heavy atom. The van der Waals surface area contributed by atoms with E-state index in [-0.39, 0.29) is 23.9 Å². The predicted octanol–water partition coefficient (Wildman–Crippen LogP) is 2.15. The molecule has 0 aromatic rings. The van der Waals surface area contributed by atoms with Crippen molar-refractivity contribution in [2.45, 2.75) is 63.5 Å². The second-order valence-electron chi connectivity index (χ2n) is 7.23. The minimum absolute atomic E-state index is 0.0646. The summed E-state index contributed by atoms with van der Waals surface area (Å²) in [5, 5.41) is 0. The fourth-order valence-corrected chi connectivity index (χ4v) is 5.62. The Morgan fingerprint density at radius 2 is 1.61 bits per heavy atom. The van der Waals surface area contributed by atoms with Gasteiger partial charge in [-0.15, -0.1) is 0 Å². The first kappa shape index (κ1) is 17.0. The Kier molecular flexibility index (Phi) is 5.11. The van der Waals surface area contributed by atoms with E-state index >= 15 is 0 Å². The van der Waals surface area contributed by atoms with Gasteiger partial charge in [0.25, 0.3) is 0 Å². The van der Waals surface area contributed by atoms with Crippen molar-refractivity contribution in [3.8, 4) is 0 Å². The molecule has 23 heavy (non-hydrogen) atoms. The highest BCUT2D eigenvalue weighted by Gasteiger charge is 2.38. The number of likely N-dealkylation sites (tertiary alicyclic amines) is 1. The summed E-state index contributed by atoms with van der Waals surface area (Å²) in [4.78, 5) is 14.6.